The number of aromatic nitrogens is 1. The summed E-state index contributed by atoms with van der Waals surface area (Å²) in [5, 5.41) is 2.91. The summed E-state index contributed by atoms with van der Waals surface area (Å²) in [5.41, 5.74) is 0.946. The van der Waals surface area contributed by atoms with Crippen LogP contribution in [-0.2, 0) is 6.54 Å². The smallest absolute Gasteiger partial charge is 0.373 e. The number of rotatable bonds is 3. The van der Waals surface area contributed by atoms with Crippen LogP contribution in [0.15, 0.2) is 18.3 Å². The van der Waals surface area contributed by atoms with E-state index in [9.17, 15) is 13.2 Å². The van der Waals surface area contributed by atoms with Crippen molar-refractivity contribution in [1.29, 1.82) is 0 Å². The van der Waals surface area contributed by atoms with E-state index >= 15 is 0 Å². The maximum atomic E-state index is 12.7. The Bertz CT molecular complexity index is 403. The molecule has 1 fully saturated rings. The molecule has 1 aliphatic heterocycles. The Morgan fingerprint density at radius 3 is 2.79 bits per heavy atom. The van der Waals surface area contributed by atoms with Crippen molar-refractivity contribution in [2.45, 2.75) is 25.6 Å². The Morgan fingerprint density at radius 1 is 1.42 bits per heavy atom. The predicted molar refractivity (Wildman–Crippen MR) is 67.8 cm³/mol. The number of anilines is 1. The quantitative estimate of drug-likeness (QED) is 0.918. The number of alkyl halides is 3. The van der Waals surface area contributed by atoms with Crippen LogP contribution in [0.1, 0.15) is 18.4 Å². The molecule has 0 aliphatic carbocycles. The van der Waals surface area contributed by atoms with E-state index in [-0.39, 0.29) is 13.0 Å². The Balaban J connectivity index is 1.94. The SMILES string of the molecule is CNc1ccc(CN2CCCC(C(F)(F)F)C2)cn1. The van der Waals surface area contributed by atoms with Gasteiger partial charge in [0.05, 0.1) is 5.92 Å². The first-order valence-electron chi connectivity index (χ1n) is 6.41. The molecule has 0 aromatic carbocycles. The van der Waals surface area contributed by atoms with E-state index in [4.69, 9.17) is 0 Å². The van der Waals surface area contributed by atoms with Gasteiger partial charge in [-0.2, -0.15) is 13.2 Å². The summed E-state index contributed by atoms with van der Waals surface area (Å²) >= 11 is 0. The number of pyridine rings is 1. The summed E-state index contributed by atoms with van der Waals surface area (Å²) < 4.78 is 38.1. The van der Waals surface area contributed by atoms with Crippen molar-refractivity contribution in [2.24, 2.45) is 5.92 Å². The van der Waals surface area contributed by atoms with Gasteiger partial charge in [-0.05, 0) is 31.0 Å². The lowest BCUT2D eigenvalue weighted by Crippen LogP contribution is -2.41. The molecule has 1 aromatic heterocycles. The van der Waals surface area contributed by atoms with E-state index in [0.717, 1.165) is 17.9 Å². The second kappa shape index (κ2) is 5.77. The minimum atomic E-state index is -4.08. The lowest BCUT2D eigenvalue weighted by atomic mass is 9.97. The van der Waals surface area contributed by atoms with Crippen molar-refractivity contribution in [3.8, 4) is 0 Å². The zero-order chi connectivity index (χ0) is 13.9. The fourth-order valence-corrected chi connectivity index (χ4v) is 2.39. The first kappa shape index (κ1) is 14.1. The average Bonchev–Trinajstić information content (AvgIpc) is 2.39. The van der Waals surface area contributed by atoms with E-state index in [1.807, 2.05) is 17.0 Å². The standard InChI is InChI=1S/C13H18F3N3/c1-17-12-5-4-10(7-18-12)8-19-6-2-3-11(9-19)13(14,15)16/h4-5,7,11H,2-3,6,8-9H2,1H3,(H,17,18). The summed E-state index contributed by atoms with van der Waals surface area (Å²) in [5.74, 6) is -0.429. The molecule has 1 unspecified atom stereocenters. The van der Waals surface area contributed by atoms with Crippen LogP contribution in [0.2, 0.25) is 0 Å². The molecule has 3 nitrogen and oxygen atoms in total. The summed E-state index contributed by atoms with van der Waals surface area (Å²) in [4.78, 5) is 6.03. The Kier molecular flexibility index (Phi) is 4.29. The van der Waals surface area contributed by atoms with E-state index in [1.165, 1.54) is 0 Å². The molecule has 1 aliphatic rings. The van der Waals surface area contributed by atoms with Gasteiger partial charge in [-0.15, -0.1) is 0 Å². The van der Waals surface area contributed by atoms with Crippen LogP contribution >= 0.6 is 0 Å². The molecule has 1 N–H and O–H groups in total. The monoisotopic (exact) mass is 273 g/mol. The van der Waals surface area contributed by atoms with Crippen LogP contribution in [0.25, 0.3) is 0 Å². The van der Waals surface area contributed by atoms with Crippen LogP contribution in [0, 0.1) is 5.92 Å². The maximum Gasteiger partial charge on any atom is 0.393 e. The molecule has 2 rings (SSSR count). The van der Waals surface area contributed by atoms with Gasteiger partial charge in [-0.3, -0.25) is 4.90 Å². The van der Waals surface area contributed by atoms with Crippen molar-refractivity contribution < 1.29 is 13.2 Å². The highest BCUT2D eigenvalue weighted by Gasteiger charge is 2.41. The number of piperidine rings is 1. The Labute approximate surface area is 110 Å². The van der Waals surface area contributed by atoms with Crippen molar-refractivity contribution in [2.75, 3.05) is 25.5 Å². The molecule has 0 radical (unpaired) electrons. The van der Waals surface area contributed by atoms with Gasteiger partial charge in [-0.1, -0.05) is 6.07 Å². The molecule has 2 heterocycles. The molecular weight excluding hydrogens is 255 g/mol. The number of nitrogens with zero attached hydrogens (tertiary/aromatic N) is 2. The van der Waals surface area contributed by atoms with Gasteiger partial charge in [0.1, 0.15) is 5.82 Å². The summed E-state index contributed by atoms with van der Waals surface area (Å²) in [6.45, 7) is 1.35. The van der Waals surface area contributed by atoms with Crippen LogP contribution in [-0.4, -0.2) is 36.2 Å². The van der Waals surface area contributed by atoms with Gasteiger partial charge >= 0.3 is 6.18 Å². The molecule has 1 saturated heterocycles. The topological polar surface area (TPSA) is 28.2 Å². The summed E-state index contributed by atoms with van der Waals surface area (Å²) in [7, 11) is 1.78. The highest BCUT2D eigenvalue weighted by Crippen LogP contribution is 2.33. The Morgan fingerprint density at radius 2 is 2.21 bits per heavy atom. The molecule has 0 bridgehead atoms. The fraction of sp³-hybridized carbons (Fsp3) is 0.615. The third-order valence-electron chi connectivity index (χ3n) is 3.46. The average molecular weight is 273 g/mol. The van der Waals surface area contributed by atoms with Gasteiger partial charge in [0.25, 0.3) is 0 Å². The molecule has 106 valence electrons. The first-order valence-corrected chi connectivity index (χ1v) is 6.41. The second-order valence-electron chi connectivity index (χ2n) is 4.92. The number of hydrogen-bond donors (Lipinski definition) is 1. The molecule has 6 heteroatoms. The van der Waals surface area contributed by atoms with Crippen LogP contribution in [0.3, 0.4) is 0 Å². The van der Waals surface area contributed by atoms with Gasteiger partial charge in [0, 0.05) is 26.3 Å². The molecule has 1 atom stereocenters. The molecular formula is C13H18F3N3. The lowest BCUT2D eigenvalue weighted by Gasteiger charge is -2.33. The van der Waals surface area contributed by atoms with Crippen molar-refractivity contribution >= 4 is 5.82 Å². The summed E-state index contributed by atoms with van der Waals surface area (Å²) in [6, 6.07) is 3.73. The third kappa shape index (κ3) is 3.83. The van der Waals surface area contributed by atoms with E-state index in [2.05, 4.69) is 10.3 Å². The van der Waals surface area contributed by atoms with Gasteiger partial charge in [0.15, 0.2) is 0 Å². The van der Waals surface area contributed by atoms with Gasteiger partial charge < -0.3 is 5.32 Å². The molecule has 0 saturated carbocycles. The Hall–Kier alpha value is -1.30. The lowest BCUT2D eigenvalue weighted by molar-refractivity contribution is -0.187. The van der Waals surface area contributed by atoms with Crippen LogP contribution in [0.4, 0.5) is 19.0 Å². The van der Waals surface area contributed by atoms with E-state index in [1.54, 1.807) is 13.2 Å². The van der Waals surface area contributed by atoms with E-state index in [0.29, 0.717) is 13.0 Å². The largest absolute Gasteiger partial charge is 0.393 e. The second-order valence-corrected chi connectivity index (χ2v) is 4.92. The number of likely N-dealkylation sites (tertiary alicyclic amines) is 1. The zero-order valence-electron chi connectivity index (χ0n) is 10.9. The van der Waals surface area contributed by atoms with E-state index < -0.39 is 12.1 Å². The van der Waals surface area contributed by atoms with Crippen molar-refractivity contribution in [1.82, 2.24) is 9.88 Å². The zero-order valence-corrected chi connectivity index (χ0v) is 10.9. The highest BCUT2D eigenvalue weighted by molar-refractivity contribution is 5.34. The predicted octanol–water partition coefficient (Wildman–Crippen LogP) is 2.90. The minimum Gasteiger partial charge on any atom is -0.373 e. The first-order chi connectivity index (χ1) is 8.99. The number of nitrogens with one attached hydrogen (secondary N) is 1. The van der Waals surface area contributed by atoms with Crippen LogP contribution < -0.4 is 5.32 Å². The molecule has 1 aromatic rings. The molecule has 0 amide bonds. The summed E-state index contributed by atoms with van der Waals surface area (Å²) in [6.07, 6.45) is -1.51. The fourth-order valence-electron chi connectivity index (χ4n) is 2.39. The van der Waals surface area contributed by atoms with Crippen LogP contribution in [0.5, 0.6) is 0 Å². The highest BCUT2D eigenvalue weighted by atomic mass is 19.4. The normalized spacial score (nSPS) is 21.4. The van der Waals surface area contributed by atoms with Gasteiger partial charge in [0.2, 0.25) is 0 Å². The molecule has 0 spiro atoms. The number of halogens is 3. The van der Waals surface area contributed by atoms with Gasteiger partial charge in [-0.25, -0.2) is 4.98 Å². The van der Waals surface area contributed by atoms with Crippen molar-refractivity contribution in [3.05, 3.63) is 23.9 Å². The third-order valence-corrected chi connectivity index (χ3v) is 3.46. The minimum absolute atomic E-state index is 0.0945. The number of hydrogen-bond acceptors (Lipinski definition) is 3. The molecule has 19 heavy (non-hydrogen) atoms. The maximum absolute atomic E-state index is 12.7. The van der Waals surface area contributed by atoms with Crippen molar-refractivity contribution in [3.63, 3.8) is 0 Å².